The number of unbranched alkanes of at least 4 members (excludes halogenated alkanes) is 28. The van der Waals surface area contributed by atoms with Crippen LogP contribution in [-0.2, 0) is 28.6 Å². The van der Waals surface area contributed by atoms with Crippen molar-refractivity contribution >= 4 is 17.9 Å². The van der Waals surface area contributed by atoms with Gasteiger partial charge < -0.3 is 14.2 Å². The molecule has 0 N–H and O–H groups in total. The van der Waals surface area contributed by atoms with E-state index in [1.165, 1.54) is 135 Å². The molecule has 0 aliphatic heterocycles. The van der Waals surface area contributed by atoms with E-state index in [4.69, 9.17) is 14.2 Å². The number of hydrogen-bond acceptors (Lipinski definition) is 6. The first-order chi connectivity index (χ1) is 33.0. The lowest BCUT2D eigenvalue weighted by molar-refractivity contribution is -0.167. The maximum Gasteiger partial charge on any atom is 0.306 e. The molecule has 6 nitrogen and oxygen atoms in total. The number of allylic oxidation sites excluding steroid dienone is 12. The quantitative estimate of drug-likeness (QED) is 0.0262. The lowest BCUT2D eigenvalue weighted by atomic mass is 10.1. The van der Waals surface area contributed by atoms with Gasteiger partial charge in [0, 0.05) is 19.3 Å². The Bertz CT molecular complexity index is 1260. The maximum atomic E-state index is 12.8. The van der Waals surface area contributed by atoms with Crippen molar-refractivity contribution in [1.82, 2.24) is 0 Å². The van der Waals surface area contributed by atoms with E-state index in [-0.39, 0.29) is 31.1 Å². The molecule has 0 saturated carbocycles. The van der Waals surface area contributed by atoms with Crippen molar-refractivity contribution in [2.45, 2.75) is 284 Å². The Labute approximate surface area is 414 Å². The van der Waals surface area contributed by atoms with Gasteiger partial charge in [-0.2, -0.15) is 0 Å². The number of carbonyl (C=O) groups is 3. The topological polar surface area (TPSA) is 78.9 Å². The first-order valence-electron chi connectivity index (χ1n) is 28.4. The van der Waals surface area contributed by atoms with Crippen LogP contribution in [0.5, 0.6) is 0 Å². The zero-order chi connectivity index (χ0) is 48.6. The lowest BCUT2D eigenvalue weighted by Gasteiger charge is -2.18. The predicted octanol–water partition coefficient (Wildman–Crippen LogP) is 19.0. The van der Waals surface area contributed by atoms with Gasteiger partial charge in [0.2, 0.25) is 0 Å². The Balaban J connectivity index is 4.46. The van der Waals surface area contributed by atoms with Gasteiger partial charge >= 0.3 is 17.9 Å². The van der Waals surface area contributed by atoms with Crippen molar-refractivity contribution in [1.29, 1.82) is 0 Å². The molecule has 1 atom stereocenters. The molecule has 0 fully saturated rings. The van der Waals surface area contributed by atoms with Crippen LogP contribution in [0.3, 0.4) is 0 Å². The first-order valence-corrected chi connectivity index (χ1v) is 28.4. The highest BCUT2D eigenvalue weighted by Gasteiger charge is 2.19. The van der Waals surface area contributed by atoms with E-state index in [1.54, 1.807) is 0 Å². The van der Waals surface area contributed by atoms with Crippen LogP contribution in [0.1, 0.15) is 278 Å². The molecule has 0 spiro atoms. The second-order valence-electron chi connectivity index (χ2n) is 18.8. The minimum atomic E-state index is -0.796. The van der Waals surface area contributed by atoms with Crippen LogP contribution in [-0.4, -0.2) is 37.2 Å². The van der Waals surface area contributed by atoms with Crippen molar-refractivity contribution < 1.29 is 28.6 Å². The Hall–Kier alpha value is -3.15. The SMILES string of the molecule is CCCCCC=CCC=CCC=CCC=CCCCCCC(=O)OC[C@@H](COC(=O)CCCCCCCC=CCCCCCCCC)OC(=O)CCCCCCCC=CCCCCCCCC. The summed E-state index contributed by atoms with van der Waals surface area (Å²) in [6.07, 6.45) is 70.3. The molecule has 0 heterocycles. The minimum absolute atomic E-state index is 0.0929. The van der Waals surface area contributed by atoms with Crippen molar-refractivity contribution in [3.8, 4) is 0 Å². The lowest BCUT2D eigenvalue weighted by Crippen LogP contribution is -2.30. The highest BCUT2D eigenvalue weighted by atomic mass is 16.6. The fourth-order valence-corrected chi connectivity index (χ4v) is 7.83. The molecule has 0 bridgehead atoms. The number of carbonyl (C=O) groups excluding carboxylic acids is 3. The summed E-state index contributed by atoms with van der Waals surface area (Å²) in [6, 6.07) is 0. The van der Waals surface area contributed by atoms with Gasteiger partial charge in [-0.3, -0.25) is 14.4 Å². The number of esters is 3. The summed E-state index contributed by atoms with van der Waals surface area (Å²) in [5.74, 6) is -0.934. The van der Waals surface area contributed by atoms with E-state index in [1.807, 2.05) is 0 Å². The molecular weight excluding hydrogens is 829 g/mol. The molecule has 0 unspecified atom stereocenters. The normalized spacial score (nSPS) is 12.6. The highest BCUT2D eigenvalue weighted by Crippen LogP contribution is 2.14. The third kappa shape index (κ3) is 53.7. The molecule has 6 heteroatoms. The standard InChI is InChI=1S/C61H106O6/c1-4-7-10-13-16-19-22-25-28-29-30-31-34-36-39-42-45-48-51-54-60(63)66-57-58(67-61(64)55-52-49-46-43-40-37-33-27-24-21-18-15-12-9-6-3)56-65-59(62)53-50-47-44-41-38-35-32-26-23-20-17-14-11-8-5-2/h16,19,25-28,30-33,36,39,58H,4-15,17-18,20-24,29,34-35,37-38,40-57H2,1-3H3/t58-/m1/s1. The van der Waals surface area contributed by atoms with Gasteiger partial charge in [0.25, 0.3) is 0 Å². The number of hydrogen-bond donors (Lipinski definition) is 0. The average Bonchev–Trinajstić information content (AvgIpc) is 3.33. The maximum absolute atomic E-state index is 12.8. The molecule has 0 rings (SSSR count). The van der Waals surface area contributed by atoms with E-state index in [9.17, 15) is 14.4 Å². The Morgan fingerprint density at radius 2 is 0.537 bits per heavy atom. The van der Waals surface area contributed by atoms with Crippen LogP contribution in [0, 0.1) is 0 Å². The summed E-state index contributed by atoms with van der Waals surface area (Å²) in [5.41, 5.74) is 0. The summed E-state index contributed by atoms with van der Waals surface area (Å²) in [4.78, 5) is 38.1. The molecule has 67 heavy (non-hydrogen) atoms. The van der Waals surface area contributed by atoms with Gasteiger partial charge in [0.1, 0.15) is 13.2 Å². The van der Waals surface area contributed by atoms with Gasteiger partial charge in [0.05, 0.1) is 0 Å². The van der Waals surface area contributed by atoms with Crippen LogP contribution < -0.4 is 0 Å². The molecule has 386 valence electrons. The monoisotopic (exact) mass is 935 g/mol. The first kappa shape index (κ1) is 63.8. The molecule has 0 aromatic rings. The summed E-state index contributed by atoms with van der Waals surface area (Å²) < 4.78 is 16.8. The van der Waals surface area contributed by atoms with Crippen molar-refractivity contribution in [3.05, 3.63) is 72.9 Å². The molecule has 0 aliphatic carbocycles. The minimum Gasteiger partial charge on any atom is -0.462 e. The zero-order valence-corrected chi connectivity index (χ0v) is 44.2. The van der Waals surface area contributed by atoms with Crippen molar-refractivity contribution in [3.63, 3.8) is 0 Å². The molecule has 0 aromatic carbocycles. The fraction of sp³-hybridized carbons (Fsp3) is 0.754. The highest BCUT2D eigenvalue weighted by molar-refractivity contribution is 5.71. The van der Waals surface area contributed by atoms with Crippen molar-refractivity contribution in [2.24, 2.45) is 0 Å². The Morgan fingerprint density at radius 1 is 0.299 bits per heavy atom. The van der Waals surface area contributed by atoms with Gasteiger partial charge in [-0.15, -0.1) is 0 Å². The van der Waals surface area contributed by atoms with Gasteiger partial charge in [-0.25, -0.2) is 0 Å². The molecule has 0 aliphatic rings. The summed E-state index contributed by atoms with van der Waals surface area (Å²) in [6.45, 7) is 6.57. The largest absolute Gasteiger partial charge is 0.462 e. The Kier molecular flexibility index (Phi) is 52.8. The van der Waals surface area contributed by atoms with Gasteiger partial charge in [-0.1, -0.05) is 216 Å². The van der Waals surface area contributed by atoms with Gasteiger partial charge in [0.15, 0.2) is 6.10 Å². The Morgan fingerprint density at radius 3 is 0.896 bits per heavy atom. The molecule has 0 aromatic heterocycles. The van der Waals surface area contributed by atoms with Crippen molar-refractivity contribution in [2.75, 3.05) is 13.2 Å². The summed E-state index contributed by atoms with van der Waals surface area (Å²) in [7, 11) is 0. The van der Waals surface area contributed by atoms with E-state index in [2.05, 4.69) is 93.7 Å². The molecule has 0 radical (unpaired) electrons. The van der Waals surface area contributed by atoms with E-state index >= 15 is 0 Å². The predicted molar refractivity (Wildman–Crippen MR) is 288 cm³/mol. The van der Waals surface area contributed by atoms with E-state index < -0.39 is 6.10 Å². The smallest absolute Gasteiger partial charge is 0.306 e. The molecule has 0 saturated heterocycles. The van der Waals surface area contributed by atoms with Crippen LogP contribution in [0.2, 0.25) is 0 Å². The van der Waals surface area contributed by atoms with E-state index in [0.29, 0.717) is 19.3 Å². The third-order valence-corrected chi connectivity index (χ3v) is 12.2. The van der Waals surface area contributed by atoms with Crippen LogP contribution in [0.15, 0.2) is 72.9 Å². The summed E-state index contributed by atoms with van der Waals surface area (Å²) >= 11 is 0. The molecule has 0 amide bonds. The summed E-state index contributed by atoms with van der Waals surface area (Å²) in [5, 5.41) is 0. The van der Waals surface area contributed by atoms with Crippen LogP contribution in [0.25, 0.3) is 0 Å². The fourth-order valence-electron chi connectivity index (χ4n) is 7.83. The second kappa shape index (κ2) is 55.4. The molecular formula is C61H106O6. The zero-order valence-electron chi connectivity index (χ0n) is 44.2. The number of rotatable bonds is 51. The van der Waals surface area contributed by atoms with Crippen LogP contribution >= 0.6 is 0 Å². The average molecular weight is 936 g/mol. The third-order valence-electron chi connectivity index (χ3n) is 12.2. The van der Waals surface area contributed by atoms with Gasteiger partial charge in [-0.05, 0) is 116 Å². The van der Waals surface area contributed by atoms with E-state index in [0.717, 1.165) is 103 Å². The second-order valence-corrected chi connectivity index (χ2v) is 18.8. The number of ether oxygens (including phenoxy) is 3. The van der Waals surface area contributed by atoms with Crippen LogP contribution in [0.4, 0.5) is 0 Å².